The molecule has 0 bridgehead atoms. The van der Waals surface area contributed by atoms with Gasteiger partial charge < -0.3 is 0 Å². The van der Waals surface area contributed by atoms with Crippen LogP contribution in [0.1, 0.15) is 30.5 Å². The Morgan fingerprint density at radius 2 is 1.54 bits per heavy atom. The molecule has 0 atom stereocenters. The molecular weight excluding hydrogens is 162 g/mol. The van der Waals surface area contributed by atoms with Crippen LogP contribution in [0.15, 0.2) is 18.2 Å². The van der Waals surface area contributed by atoms with Crippen LogP contribution >= 0.6 is 0 Å². The van der Waals surface area contributed by atoms with Gasteiger partial charge in [0.1, 0.15) is 5.60 Å². The third-order valence-electron chi connectivity index (χ3n) is 2.21. The fourth-order valence-corrected chi connectivity index (χ4v) is 1.39. The number of aryl methyl sites for hydroxylation is 2. The summed E-state index contributed by atoms with van der Waals surface area (Å²) in [4.78, 5) is 4.93. The van der Waals surface area contributed by atoms with Crippen molar-refractivity contribution in [1.82, 2.24) is 0 Å². The van der Waals surface area contributed by atoms with Crippen molar-refractivity contribution < 1.29 is 4.84 Å². The second-order valence-electron chi connectivity index (χ2n) is 4.00. The van der Waals surface area contributed by atoms with Crippen LogP contribution in [0.4, 0.5) is 0 Å². The smallest absolute Gasteiger partial charge is 0.109 e. The first kappa shape index (κ1) is 10.2. The van der Waals surface area contributed by atoms with Gasteiger partial charge in [-0.3, -0.25) is 4.84 Å². The van der Waals surface area contributed by atoms with Gasteiger partial charge in [-0.15, -0.1) is 0 Å². The summed E-state index contributed by atoms with van der Waals surface area (Å²) in [6.07, 6.45) is 0. The van der Waals surface area contributed by atoms with Gasteiger partial charge in [-0.05, 0) is 33.3 Å². The first-order valence-electron chi connectivity index (χ1n) is 4.42. The Morgan fingerprint density at radius 1 is 1.08 bits per heavy atom. The maximum absolute atomic E-state index is 5.24. The summed E-state index contributed by atoms with van der Waals surface area (Å²) in [6, 6.07) is 6.33. The van der Waals surface area contributed by atoms with Gasteiger partial charge in [0.25, 0.3) is 0 Å². The third-order valence-corrected chi connectivity index (χ3v) is 2.21. The van der Waals surface area contributed by atoms with Crippen LogP contribution in [0.5, 0.6) is 0 Å². The van der Waals surface area contributed by atoms with E-state index >= 15 is 0 Å². The molecule has 0 fully saturated rings. The van der Waals surface area contributed by atoms with Crippen molar-refractivity contribution >= 4 is 0 Å². The predicted molar refractivity (Wildman–Crippen MR) is 54.2 cm³/mol. The Balaban J connectivity index is 3.15. The van der Waals surface area contributed by atoms with Crippen LogP contribution in [0.25, 0.3) is 0 Å². The highest BCUT2D eigenvalue weighted by Crippen LogP contribution is 2.24. The van der Waals surface area contributed by atoms with Crippen LogP contribution in [0.2, 0.25) is 0 Å². The molecule has 2 nitrogen and oxygen atoms in total. The lowest BCUT2D eigenvalue weighted by atomic mass is 9.95. The summed E-state index contributed by atoms with van der Waals surface area (Å²) in [6.45, 7) is 8.06. The van der Waals surface area contributed by atoms with Gasteiger partial charge >= 0.3 is 0 Å². The molecule has 0 radical (unpaired) electrons. The molecule has 72 valence electrons. The maximum atomic E-state index is 5.24. The average molecular weight is 179 g/mol. The predicted octanol–water partition coefficient (Wildman–Crippen LogP) is 2.43. The molecule has 2 N–H and O–H groups in total. The second kappa shape index (κ2) is 3.48. The molecule has 0 unspecified atom stereocenters. The Labute approximate surface area is 79.7 Å². The van der Waals surface area contributed by atoms with E-state index in [1.807, 2.05) is 13.8 Å². The summed E-state index contributed by atoms with van der Waals surface area (Å²) >= 11 is 0. The molecule has 0 aromatic heterocycles. The zero-order chi connectivity index (χ0) is 10.1. The molecule has 0 saturated carbocycles. The third kappa shape index (κ3) is 2.29. The summed E-state index contributed by atoms with van der Waals surface area (Å²) in [5.41, 5.74) is 3.18. The van der Waals surface area contributed by atoms with Gasteiger partial charge in [-0.1, -0.05) is 29.3 Å². The van der Waals surface area contributed by atoms with Crippen LogP contribution < -0.4 is 5.90 Å². The molecular formula is C11H17NO. The molecule has 0 saturated heterocycles. The number of hydrogen-bond donors (Lipinski definition) is 1. The lowest BCUT2D eigenvalue weighted by Gasteiger charge is -2.23. The minimum absolute atomic E-state index is 0.406. The normalized spacial score (nSPS) is 11.8. The van der Waals surface area contributed by atoms with Crippen LogP contribution in [0, 0.1) is 13.8 Å². The SMILES string of the molecule is Cc1cc(C)cc(C(C)(C)ON)c1. The molecule has 0 aliphatic heterocycles. The fourth-order valence-electron chi connectivity index (χ4n) is 1.39. The van der Waals surface area contributed by atoms with Crippen molar-refractivity contribution in [3.05, 3.63) is 34.9 Å². The Morgan fingerprint density at radius 3 is 1.92 bits per heavy atom. The van der Waals surface area contributed by atoms with E-state index in [0.29, 0.717) is 0 Å². The van der Waals surface area contributed by atoms with Crippen LogP contribution in [-0.2, 0) is 10.4 Å². The molecule has 0 heterocycles. The van der Waals surface area contributed by atoms with Gasteiger partial charge in [-0.2, -0.15) is 0 Å². The van der Waals surface area contributed by atoms with Crippen molar-refractivity contribution in [1.29, 1.82) is 0 Å². The Hall–Kier alpha value is -0.860. The number of nitrogens with two attached hydrogens (primary N) is 1. The van der Waals surface area contributed by atoms with Gasteiger partial charge in [0.2, 0.25) is 0 Å². The summed E-state index contributed by atoms with van der Waals surface area (Å²) in [7, 11) is 0. The second-order valence-corrected chi connectivity index (χ2v) is 4.00. The van der Waals surface area contributed by atoms with Crippen LogP contribution in [-0.4, -0.2) is 0 Å². The van der Waals surface area contributed by atoms with Gasteiger partial charge in [0, 0.05) is 0 Å². The minimum Gasteiger partial charge on any atom is -0.294 e. The number of rotatable bonds is 2. The van der Waals surface area contributed by atoms with E-state index in [1.165, 1.54) is 11.1 Å². The summed E-state index contributed by atoms with van der Waals surface area (Å²) in [5.74, 6) is 5.24. The van der Waals surface area contributed by atoms with Gasteiger partial charge in [0.05, 0.1) is 0 Å². The highest BCUT2D eigenvalue weighted by atomic mass is 16.6. The minimum atomic E-state index is -0.406. The highest BCUT2D eigenvalue weighted by molar-refractivity contribution is 5.31. The quantitative estimate of drug-likeness (QED) is 0.708. The van der Waals surface area contributed by atoms with Crippen molar-refractivity contribution in [3.8, 4) is 0 Å². The highest BCUT2D eigenvalue weighted by Gasteiger charge is 2.20. The summed E-state index contributed by atoms with van der Waals surface area (Å²) in [5, 5.41) is 0. The topological polar surface area (TPSA) is 35.2 Å². The van der Waals surface area contributed by atoms with E-state index in [4.69, 9.17) is 10.7 Å². The lowest BCUT2D eigenvalue weighted by Crippen LogP contribution is -2.25. The summed E-state index contributed by atoms with van der Waals surface area (Å²) < 4.78 is 0. The molecule has 0 amide bonds. The monoisotopic (exact) mass is 179 g/mol. The van der Waals surface area contributed by atoms with Crippen molar-refractivity contribution in [2.45, 2.75) is 33.3 Å². The lowest BCUT2D eigenvalue weighted by molar-refractivity contribution is -0.0236. The number of benzene rings is 1. The van der Waals surface area contributed by atoms with E-state index in [2.05, 4.69) is 32.0 Å². The van der Waals surface area contributed by atoms with E-state index in [1.54, 1.807) is 0 Å². The molecule has 13 heavy (non-hydrogen) atoms. The zero-order valence-corrected chi connectivity index (χ0v) is 8.72. The molecule has 1 aromatic rings. The molecule has 1 rings (SSSR count). The van der Waals surface area contributed by atoms with Gasteiger partial charge in [-0.25, -0.2) is 5.90 Å². The average Bonchev–Trinajstić information content (AvgIpc) is 2.02. The van der Waals surface area contributed by atoms with Crippen LogP contribution in [0.3, 0.4) is 0 Å². The van der Waals surface area contributed by atoms with Crippen molar-refractivity contribution in [2.75, 3.05) is 0 Å². The molecule has 1 aromatic carbocycles. The Bertz CT molecular complexity index is 285. The van der Waals surface area contributed by atoms with E-state index < -0.39 is 5.60 Å². The molecule has 0 aliphatic carbocycles. The Kier molecular flexibility index (Phi) is 2.74. The largest absolute Gasteiger partial charge is 0.294 e. The first-order chi connectivity index (χ1) is 5.95. The number of hydrogen-bond acceptors (Lipinski definition) is 2. The fraction of sp³-hybridized carbons (Fsp3) is 0.455. The van der Waals surface area contributed by atoms with Crippen molar-refractivity contribution in [3.63, 3.8) is 0 Å². The van der Waals surface area contributed by atoms with E-state index in [0.717, 1.165) is 5.56 Å². The first-order valence-corrected chi connectivity index (χ1v) is 4.42. The molecule has 2 heteroatoms. The van der Waals surface area contributed by atoms with E-state index in [-0.39, 0.29) is 0 Å². The maximum Gasteiger partial charge on any atom is 0.109 e. The van der Waals surface area contributed by atoms with E-state index in [9.17, 15) is 0 Å². The standard InChI is InChI=1S/C11H17NO/c1-8-5-9(2)7-10(6-8)11(3,4)13-12/h5-7H,12H2,1-4H3. The van der Waals surface area contributed by atoms with Gasteiger partial charge in [0.15, 0.2) is 0 Å². The van der Waals surface area contributed by atoms with Crippen molar-refractivity contribution in [2.24, 2.45) is 5.90 Å². The molecule has 0 aliphatic rings. The molecule has 0 spiro atoms. The zero-order valence-electron chi connectivity index (χ0n) is 8.72.